The Morgan fingerprint density at radius 1 is 1.11 bits per heavy atom. The molecule has 0 N–H and O–H groups in total. The van der Waals surface area contributed by atoms with Crippen LogP contribution in [-0.4, -0.2) is 65.4 Å². The van der Waals surface area contributed by atoms with E-state index in [9.17, 15) is 4.79 Å². The SMILES string of the molecule is CC[C@@H]1CCCCN1C(=O)[C@@H](C)N1CCCN(Cc2ccc(C#N)cc2)CC1. The van der Waals surface area contributed by atoms with Crippen molar-refractivity contribution in [3.05, 3.63) is 35.4 Å². The van der Waals surface area contributed by atoms with Gasteiger partial charge in [0.1, 0.15) is 0 Å². The van der Waals surface area contributed by atoms with Gasteiger partial charge in [0.15, 0.2) is 0 Å². The monoisotopic (exact) mass is 382 g/mol. The highest BCUT2D eigenvalue weighted by molar-refractivity contribution is 5.82. The van der Waals surface area contributed by atoms with Crippen LogP contribution in [0.25, 0.3) is 0 Å². The Kier molecular flexibility index (Phi) is 7.47. The predicted octanol–water partition coefficient (Wildman–Crippen LogP) is 3.25. The van der Waals surface area contributed by atoms with Crippen LogP contribution >= 0.6 is 0 Å². The maximum atomic E-state index is 13.2. The molecule has 1 amide bonds. The number of rotatable bonds is 5. The van der Waals surface area contributed by atoms with E-state index in [1.165, 1.54) is 12.0 Å². The largest absolute Gasteiger partial charge is 0.338 e. The minimum Gasteiger partial charge on any atom is -0.338 e. The zero-order chi connectivity index (χ0) is 19.9. The second-order valence-electron chi connectivity index (χ2n) is 8.24. The Morgan fingerprint density at radius 2 is 1.89 bits per heavy atom. The molecule has 5 heteroatoms. The van der Waals surface area contributed by atoms with Gasteiger partial charge in [0, 0.05) is 38.8 Å². The average molecular weight is 383 g/mol. The molecule has 0 saturated carbocycles. The number of likely N-dealkylation sites (tertiary alicyclic amines) is 1. The van der Waals surface area contributed by atoms with Crippen molar-refractivity contribution in [1.29, 1.82) is 5.26 Å². The van der Waals surface area contributed by atoms with Crippen molar-refractivity contribution in [1.82, 2.24) is 14.7 Å². The third-order valence-corrected chi connectivity index (χ3v) is 6.40. The van der Waals surface area contributed by atoms with Gasteiger partial charge in [-0.1, -0.05) is 19.1 Å². The number of amides is 1. The molecule has 0 spiro atoms. The van der Waals surface area contributed by atoms with Gasteiger partial charge in [-0.3, -0.25) is 14.6 Å². The van der Waals surface area contributed by atoms with Crippen molar-refractivity contribution in [3.8, 4) is 6.07 Å². The summed E-state index contributed by atoms with van der Waals surface area (Å²) in [5.41, 5.74) is 1.96. The molecule has 2 atom stereocenters. The van der Waals surface area contributed by atoms with Crippen LogP contribution in [0.2, 0.25) is 0 Å². The Labute approximate surface area is 169 Å². The summed E-state index contributed by atoms with van der Waals surface area (Å²) in [6.07, 6.45) is 5.72. The van der Waals surface area contributed by atoms with Crippen LogP contribution in [-0.2, 0) is 11.3 Å². The van der Waals surface area contributed by atoms with Gasteiger partial charge in [-0.2, -0.15) is 5.26 Å². The van der Waals surface area contributed by atoms with E-state index in [1.807, 2.05) is 12.1 Å². The van der Waals surface area contributed by atoms with E-state index in [4.69, 9.17) is 5.26 Å². The number of hydrogen-bond acceptors (Lipinski definition) is 4. The van der Waals surface area contributed by atoms with Crippen molar-refractivity contribution in [2.45, 2.75) is 64.6 Å². The fourth-order valence-corrected chi connectivity index (χ4v) is 4.59. The van der Waals surface area contributed by atoms with E-state index in [-0.39, 0.29) is 6.04 Å². The average Bonchev–Trinajstić information content (AvgIpc) is 2.98. The second kappa shape index (κ2) is 10.0. The molecule has 152 valence electrons. The number of benzene rings is 1. The van der Waals surface area contributed by atoms with E-state index in [2.05, 4.69) is 46.7 Å². The lowest BCUT2D eigenvalue weighted by Gasteiger charge is -2.39. The van der Waals surface area contributed by atoms with Crippen LogP contribution < -0.4 is 0 Å². The van der Waals surface area contributed by atoms with Crippen LogP contribution in [0, 0.1) is 11.3 Å². The van der Waals surface area contributed by atoms with Crippen LogP contribution in [0.4, 0.5) is 0 Å². The molecule has 5 nitrogen and oxygen atoms in total. The number of carbonyl (C=O) groups excluding carboxylic acids is 1. The molecule has 2 aliphatic heterocycles. The number of nitrogens with zero attached hydrogens (tertiary/aromatic N) is 4. The summed E-state index contributed by atoms with van der Waals surface area (Å²) in [6.45, 7) is 10.1. The molecule has 1 aromatic carbocycles. The van der Waals surface area contributed by atoms with Gasteiger partial charge in [0.25, 0.3) is 0 Å². The van der Waals surface area contributed by atoms with Crippen molar-refractivity contribution in [3.63, 3.8) is 0 Å². The molecule has 3 rings (SSSR count). The summed E-state index contributed by atoms with van der Waals surface area (Å²) in [4.78, 5) is 20.2. The van der Waals surface area contributed by atoms with E-state index in [0.717, 1.165) is 65.0 Å². The first-order valence-electron chi connectivity index (χ1n) is 10.9. The Hall–Kier alpha value is -1.90. The maximum absolute atomic E-state index is 13.2. The lowest BCUT2D eigenvalue weighted by Crippen LogP contribution is -2.52. The normalized spacial score (nSPS) is 23.0. The number of carbonyl (C=O) groups is 1. The lowest BCUT2D eigenvalue weighted by molar-refractivity contribution is -0.140. The van der Waals surface area contributed by atoms with Crippen molar-refractivity contribution < 1.29 is 4.79 Å². The zero-order valence-electron chi connectivity index (χ0n) is 17.4. The fourth-order valence-electron chi connectivity index (χ4n) is 4.59. The number of nitriles is 1. The third-order valence-electron chi connectivity index (χ3n) is 6.40. The summed E-state index contributed by atoms with van der Waals surface area (Å²) in [7, 11) is 0. The smallest absolute Gasteiger partial charge is 0.239 e. The van der Waals surface area contributed by atoms with Gasteiger partial charge in [-0.15, -0.1) is 0 Å². The number of piperidine rings is 1. The molecular weight excluding hydrogens is 348 g/mol. The molecule has 28 heavy (non-hydrogen) atoms. The quantitative estimate of drug-likeness (QED) is 0.784. The molecule has 0 unspecified atom stereocenters. The van der Waals surface area contributed by atoms with Gasteiger partial charge in [-0.05, 0) is 63.3 Å². The summed E-state index contributed by atoms with van der Waals surface area (Å²) in [5.74, 6) is 0.326. The Morgan fingerprint density at radius 3 is 2.61 bits per heavy atom. The molecule has 2 saturated heterocycles. The third kappa shape index (κ3) is 5.12. The molecule has 0 bridgehead atoms. The van der Waals surface area contributed by atoms with Crippen molar-refractivity contribution in [2.24, 2.45) is 0 Å². The summed E-state index contributed by atoms with van der Waals surface area (Å²) in [6, 6.07) is 10.5. The van der Waals surface area contributed by atoms with Crippen molar-refractivity contribution in [2.75, 3.05) is 32.7 Å². The minimum absolute atomic E-state index is 0.0259. The maximum Gasteiger partial charge on any atom is 0.239 e. The first kappa shape index (κ1) is 20.8. The van der Waals surface area contributed by atoms with Gasteiger partial charge in [0.05, 0.1) is 17.7 Å². The van der Waals surface area contributed by atoms with Gasteiger partial charge in [0.2, 0.25) is 5.91 Å². The van der Waals surface area contributed by atoms with E-state index in [1.54, 1.807) is 0 Å². The highest BCUT2D eigenvalue weighted by Gasteiger charge is 2.32. The zero-order valence-corrected chi connectivity index (χ0v) is 17.4. The van der Waals surface area contributed by atoms with Crippen LogP contribution in [0.3, 0.4) is 0 Å². The Bertz CT molecular complexity index is 681. The van der Waals surface area contributed by atoms with Crippen LogP contribution in [0.5, 0.6) is 0 Å². The summed E-state index contributed by atoms with van der Waals surface area (Å²) in [5, 5.41) is 8.94. The van der Waals surface area contributed by atoms with Gasteiger partial charge in [-0.25, -0.2) is 0 Å². The van der Waals surface area contributed by atoms with Gasteiger partial charge < -0.3 is 4.90 Å². The minimum atomic E-state index is -0.0259. The lowest BCUT2D eigenvalue weighted by atomic mass is 9.99. The second-order valence-corrected chi connectivity index (χ2v) is 8.24. The molecule has 0 aromatic heterocycles. The molecule has 0 aliphatic carbocycles. The standard InChI is InChI=1S/C23H34N4O/c1-3-22-7-4-5-14-27(22)23(28)19(2)26-13-6-12-25(15-16-26)18-21-10-8-20(17-24)9-11-21/h8-11,19,22H,3-7,12-16,18H2,1-2H3/t19-,22-/m1/s1. The molecule has 2 heterocycles. The molecule has 2 aliphatic rings. The summed E-state index contributed by atoms with van der Waals surface area (Å²) < 4.78 is 0. The van der Waals surface area contributed by atoms with E-state index < -0.39 is 0 Å². The number of hydrogen-bond donors (Lipinski definition) is 0. The highest BCUT2D eigenvalue weighted by Crippen LogP contribution is 2.22. The first-order valence-corrected chi connectivity index (χ1v) is 10.9. The topological polar surface area (TPSA) is 50.6 Å². The highest BCUT2D eigenvalue weighted by atomic mass is 16.2. The van der Waals surface area contributed by atoms with Crippen LogP contribution in [0.1, 0.15) is 57.1 Å². The van der Waals surface area contributed by atoms with Gasteiger partial charge >= 0.3 is 0 Å². The molecule has 0 radical (unpaired) electrons. The fraction of sp³-hybridized carbons (Fsp3) is 0.652. The van der Waals surface area contributed by atoms with Crippen molar-refractivity contribution >= 4 is 5.91 Å². The van der Waals surface area contributed by atoms with Crippen LogP contribution in [0.15, 0.2) is 24.3 Å². The predicted molar refractivity (Wildman–Crippen MR) is 112 cm³/mol. The Balaban J connectivity index is 1.54. The molecular formula is C23H34N4O. The van der Waals surface area contributed by atoms with E-state index >= 15 is 0 Å². The molecule has 1 aromatic rings. The molecule has 2 fully saturated rings. The van der Waals surface area contributed by atoms with E-state index in [0.29, 0.717) is 17.5 Å². The first-order chi connectivity index (χ1) is 13.6. The summed E-state index contributed by atoms with van der Waals surface area (Å²) >= 11 is 0.